The zero-order chi connectivity index (χ0) is 11.3. The molecule has 2 saturated heterocycles. The Morgan fingerprint density at radius 2 is 1.67 bits per heavy atom. The minimum absolute atomic E-state index is 0.274. The molecule has 2 aliphatic heterocycles. The van der Waals surface area contributed by atoms with E-state index in [4.69, 9.17) is 9.47 Å². The minimum atomic E-state index is 0.274. The highest BCUT2D eigenvalue weighted by atomic mass is 16.6. The van der Waals surface area contributed by atoms with Gasteiger partial charge in [0.1, 0.15) is 0 Å². The first-order valence-electron chi connectivity index (χ1n) is 6.11. The van der Waals surface area contributed by atoms with Crippen molar-refractivity contribution in [1.29, 1.82) is 0 Å². The Morgan fingerprint density at radius 3 is 2.33 bits per heavy atom. The van der Waals surface area contributed by atoms with Crippen molar-refractivity contribution in [3.05, 3.63) is 0 Å². The molecule has 0 aromatic carbocycles. The van der Waals surface area contributed by atoms with E-state index in [0.717, 1.165) is 32.7 Å². The Bertz CT molecular complexity index is 182. The van der Waals surface area contributed by atoms with Crippen LogP contribution in [0, 0.1) is 5.41 Å². The molecular weight excluding hydrogens is 190 g/mol. The van der Waals surface area contributed by atoms with E-state index in [0.29, 0.717) is 11.5 Å². The van der Waals surface area contributed by atoms with Crippen LogP contribution in [0.25, 0.3) is 0 Å². The summed E-state index contributed by atoms with van der Waals surface area (Å²) in [5.41, 5.74) is 0.333. The number of rotatable bonds is 0. The molecule has 0 amide bonds. The third-order valence-corrected chi connectivity index (χ3v) is 2.86. The largest absolute Gasteiger partial charge is 0.373 e. The zero-order valence-corrected chi connectivity index (χ0v) is 10.5. The van der Waals surface area contributed by atoms with Gasteiger partial charge >= 0.3 is 0 Å². The molecule has 90 valence electrons. The van der Waals surface area contributed by atoms with E-state index in [2.05, 4.69) is 19.2 Å². The maximum absolute atomic E-state index is 5.73. The fourth-order valence-electron chi connectivity index (χ4n) is 2.16. The lowest BCUT2D eigenvalue weighted by Gasteiger charge is -2.33. The average Bonchev–Trinajstić information content (AvgIpc) is 2.37. The van der Waals surface area contributed by atoms with Gasteiger partial charge in [0.2, 0.25) is 0 Å². The molecule has 0 aliphatic carbocycles. The minimum Gasteiger partial charge on any atom is -0.373 e. The van der Waals surface area contributed by atoms with E-state index in [1.165, 1.54) is 0 Å². The lowest BCUT2D eigenvalue weighted by Crippen LogP contribution is -2.42. The summed E-state index contributed by atoms with van der Waals surface area (Å²) in [6, 6.07) is 0. The normalized spacial score (nSPS) is 34.4. The topological polar surface area (TPSA) is 30.5 Å². The summed E-state index contributed by atoms with van der Waals surface area (Å²) in [7, 11) is 0. The third kappa shape index (κ3) is 3.74. The first-order chi connectivity index (χ1) is 7.17. The van der Waals surface area contributed by atoms with Crippen molar-refractivity contribution in [1.82, 2.24) is 5.32 Å². The van der Waals surface area contributed by atoms with Crippen molar-refractivity contribution in [2.45, 2.75) is 46.3 Å². The van der Waals surface area contributed by atoms with Gasteiger partial charge in [-0.15, -0.1) is 0 Å². The monoisotopic (exact) mass is 215 g/mol. The van der Waals surface area contributed by atoms with Gasteiger partial charge in [-0.3, -0.25) is 0 Å². The Kier molecular flexibility index (Phi) is 5.03. The van der Waals surface area contributed by atoms with Gasteiger partial charge in [0, 0.05) is 13.1 Å². The van der Waals surface area contributed by atoms with Crippen molar-refractivity contribution in [3.63, 3.8) is 0 Å². The molecule has 0 aromatic heterocycles. The second-order valence-electron chi connectivity index (χ2n) is 4.82. The van der Waals surface area contributed by atoms with Crippen molar-refractivity contribution in [3.8, 4) is 0 Å². The summed E-state index contributed by atoms with van der Waals surface area (Å²) in [6.07, 6.45) is 1.68. The van der Waals surface area contributed by atoms with E-state index < -0.39 is 0 Å². The molecule has 3 heteroatoms. The maximum Gasteiger partial charge on any atom is 0.0961 e. The summed E-state index contributed by atoms with van der Waals surface area (Å²) in [5, 5.41) is 3.43. The molecule has 3 nitrogen and oxygen atoms in total. The highest BCUT2D eigenvalue weighted by Crippen LogP contribution is 2.28. The van der Waals surface area contributed by atoms with E-state index in [1.807, 2.05) is 13.8 Å². The SMILES string of the molecule is CC.CC1(C)CNCC2OCCOC2C1. The van der Waals surface area contributed by atoms with Gasteiger partial charge in [-0.25, -0.2) is 0 Å². The molecule has 0 bridgehead atoms. The summed E-state index contributed by atoms with van der Waals surface area (Å²) >= 11 is 0. The molecule has 15 heavy (non-hydrogen) atoms. The van der Waals surface area contributed by atoms with Gasteiger partial charge in [-0.05, 0) is 11.8 Å². The Hall–Kier alpha value is -0.120. The predicted molar refractivity (Wildman–Crippen MR) is 62.1 cm³/mol. The summed E-state index contributed by atoms with van der Waals surface area (Å²) in [6.45, 7) is 12.1. The number of ether oxygens (including phenoxy) is 2. The summed E-state index contributed by atoms with van der Waals surface area (Å²) in [5.74, 6) is 0. The number of hydrogen-bond donors (Lipinski definition) is 1. The molecule has 0 spiro atoms. The van der Waals surface area contributed by atoms with Crippen LogP contribution in [0.1, 0.15) is 34.1 Å². The predicted octanol–water partition coefficient (Wildman–Crippen LogP) is 1.82. The van der Waals surface area contributed by atoms with E-state index >= 15 is 0 Å². The van der Waals surface area contributed by atoms with Crippen LogP contribution < -0.4 is 5.32 Å². The molecule has 2 heterocycles. The van der Waals surface area contributed by atoms with Gasteiger partial charge in [0.15, 0.2) is 0 Å². The maximum atomic E-state index is 5.73. The molecule has 2 fully saturated rings. The van der Waals surface area contributed by atoms with Crippen LogP contribution in [0.2, 0.25) is 0 Å². The van der Waals surface area contributed by atoms with E-state index in [1.54, 1.807) is 0 Å². The van der Waals surface area contributed by atoms with Crippen LogP contribution in [0.3, 0.4) is 0 Å². The molecule has 0 radical (unpaired) electrons. The first-order valence-corrected chi connectivity index (χ1v) is 6.11. The molecule has 2 unspecified atom stereocenters. The summed E-state index contributed by atoms with van der Waals surface area (Å²) in [4.78, 5) is 0. The van der Waals surface area contributed by atoms with Crippen molar-refractivity contribution in [2.75, 3.05) is 26.3 Å². The molecular formula is C12H25NO2. The first kappa shape index (κ1) is 12.9. The van der Waals surface area contributed by atoms with Crippen molar-refractivity contribution in [2.24, 2.45) is 5.41 Å². The van der Waals surface area contributed by atoms with E-state index in [9.17, 15) is 0 Å². The van der Waals surface area contributed by atoms with Gasteiger partial charge < -0.3 is 14.8 Å². The summed E-state index contributed by atoms with van der Waals surface area (Å²) < 4.78 is 11.4. The standard InChI is InChI=1S/C10H19NO2.C2H6/c1-10(2)5-8-9(6-11-7-10)13-4-3-12-8;1-2/h8-9,11H,3-7H2,1-2H3;1-2H3. The number of nitrogens with one attached hydrogen (secondary N) is 1. The van der Waals surface area contributed by atoms with Gasteiger partial charge in [0.05, 0.1) is 25.4 Å². The lowest BCUT2D eigenvalue weighted by molar-refractivity contribution is -0.141. The van der Waals surface area contributed by atoms with Gasteiger partial charge in [-0.1, -0.05) is 27.7 Å². The van der Waals surface area contributed by atoms with Gasteiger partial charge in [-0.2, -0.15) is 0 Å². The van der Waals surface area contributed by atoms with Crippen LogP contribution in [0.4, 0.5) is 0 Å². The molecule has 2 atom stereocenters. The number of fused-ring (bicyclic) bond motifs is 1. The van der Waals surface area contributed by atoms with Crippen LogP contribution in [-0.2, 0) is 9.47 Å². The van der Waals surface area contributed by atoms with E-state index in [-0.39, 0.29) is 6.10 Å². The average molecular weight is 215 g/mol. The zero-order valence-electron chi connectivity index (χ0n) is 10.5. The van der Waals surface area contributed by atoms with Crippen LogP contribution in [0.5, 0.6) is 0 Å². The highest BCUT2D eigenvalue weighted by molar-refractivity contribution is 4.87. The Balaban J connectivity index is 0.000000531. The van der Waals surface area contributed by atoms with Crippen LogP contribution >= 0.6 is 0 Å². The smallest absolute Gasteiger partial charge is 0.0961 e. The Morgan fingerprint density at radius 1 is 1.07 bits per heavy atom. The van der Waals surface area contributed by atoms with Crippen molar-refractivity contribution >= 4 is 0 Å². The quantitative estimate of drug-likeness (QED) is 0.668. The van der Waals surface area contributed by atoms with Crippen LogP contribution in [0.15, 0.2) is 0 Å². The van der Waals surface area contributed by atoms with Crippen molar-refractivity contribution < 1.29 is 9.47 Å². The third-order valence-electron chi connectivity index (χ3n) is 2.86. The lowest BCUT2D eigenvalue weighted by atomic mass is 9.86. The highest BCUT2D eigenvalue weighted by Gasteiger charge is 2.35. The molecule has 0 aromatic rings. The molecule has 2 rings (SSSR count). The second kappa shape index (κ2) is 5.83. The Labute approximate surface area is 93.5 Å². The fourth-order valence-corrected chi connectivity index (χ4v) is 2.16. The fraction of sp³-hybridized carbons (Fsp3) is 1.00. The molecule has 2 aliphatic rings. The van der Waals surface area contributed by atoms with Gasteiger partial charge in [0.25, 0.3) is 0 Å². The molecule has 1 N–H and O–H groups in total. The second-order valence-corrected chi connectivity index (χ2v) is 4.82. The molecule has 0 saturated carbocycles. The van der Waals surface area contributed by atoms with Crippen LogP contribution in [-0.4, -0.2) is 38.5 Å². The number of hydrogen-bond acceptors (Lipinski definition) is 3.